The summed E-state index contributed by atoms with van der Waals surface area (Å²) in [7, 11) is 0. The van der Waals surface area contributed by atoms with Gasteiger partial charge in [-0.3, -0.25) is 9.59 Å². The molecule has 1 aliphatic heterocycles. The van der Waals surface area contributed by atoms with Crippen LogP contribution in [0.15, 0.2) is 54.6 Å². The topological polar surface area (TPSA) is 40.6 Å². The minimum atomic E-state index is 0.0100. The molecule has 2 fully saturated rings. The van der Waals surface area contributed by atoms with Gasteiger partial charge in [0.25, 0.3) is 0 Å². The van der Waals surface area contributed by atoms with E-state index in [-0.39, 0.29) is 30.3 Å². The second kappa shape index (κ2) is 7.55. The van der Waals surface area contributed by atoms with Crippen molar-refractivity contribution in [2.45, 2.75) is 38.6 Å². The Labute approximate surface area is 160 Å². The Morgan fingerprint density at radius 2 is 1.74 bits per heavy atom. The first-order valence-electron chi connectivity index (χ1n) is 9.83. The van der Waals surface area contributed by atoms with E-state index in [0.717, 1.165) is 31.4 Å². The number of hydrogen-bond acceptors (Lipinski definition) is 2. The van der Waals surface area contributed by atoms with Crippen molar-refractivity contribution in [3.63, 3.8) is 0 Å². The number of hydrogen-bond donors (Lipinski definition) is 0. The van der Waals surface area contributed by atoms with Crippen LogP contribution in [0.1, 0.15) is 30.4 Å². The fourth-order valence-electron chi connectivity index (χ4n) is 3.95. The molecule has 140 valence electrons. The minimum Gasteiger partial charge on any atom is -0.328 e. The summed E-state index contributed by atoms with van der Waals surface area (Å²) in [5, 5.41) is 0. The molecule has 2 aliphatic rings. The van der Waals surface area contributed by atoms with Crippen LogP contribution in [0.4, 0.5) is 5.69 Å². The summed E-state index contributed by atoms with van der Waals surface area (Å²) in [4.78, 5) is 29.5. The molecule has 1 saturated carbocycles. The highest BCUT2D eigenvalue weighted by Gasteiger charge is 2.39. The number of anilines is 1. The molecule has 4 rings (SSSR count). The van der Waals surface area contributed by atoms with E-state index in [1.54, 1.807) is 0 Å². The van der Waals surface area contributed by atoms with Crippen LogP contribution >= 0.6 is 0 Å². The maximum atomic E-state index is 13.0. The molecule has 0 bridgehead atoms. The molecule has 1 saturated heterocycles. The Morgan fingerprint density at radius 3 is 2.37 bits per heavy atom. The maximum absolute atomic E-state index is 13.0. The van der Waals surface area contributed by atoms with Crippen LogP contribution < -0.4 is 4.90 Å². The van der Waals surface area contributed by atoms with E-state index in [0.29, 0.717) is 6.54 Å². The number of piperazine rings is 1. The first-order chi connectivity index (χ1) is 13.1. The number of carbonyl (C=O) groups excluding carboxylic acids is 2. The van der Waals surface area contributed by atoms with Gasteiger partial charge in [0.15, 0.2) is 0 Å². The molecule has 2 amide bonds. The largest absolute Gasteiger partial charge is 0.328 e. The van der Waals surface area contributed by atoms with Gasteiger partial charge in [-0.25, -0.2) is 0 Å². The summed E-state index contributed by atoms with van der Waals surface area (Å²) < 4.78 is 0. The van der Waals surface area contributed by atoms with E-state index < -0.39 is 0 Å². The molecular formula is C23H26N2O2. The number of aryl methyl sites for hydroxylation is 1. The number of rotatable bonds is 4. The number of carbonyl (C=O) groups is 2. The fraction of sp³-hybridized carbons (Fsp3) is 0.391. The lowest BCUT2D eigenvalue weighted by atomic mass is 9.83. The van der Waals surface area contributed by atoms with Gasteiger partial charge in [0.05, 0.1) is 6.04 Å². The third-order valence-electron chi connectivity index (χ3n) is 5.84. The van der Waals surface area contributed by atoms with Crippen LogP contribution in [0.5, 0.6) is 0 Å². The van der Waals surface area contributed by atoms with Gasteiger partial charge in [-0.15, -0.1) is 0 Å². The van der Waals surface area contributed by atoms with Crippen molar-refractivity contribution < 1.29 is 9.59 Å². The molecule has 4 nitrogen and oxygen atoms in total. The Bertz CT molecular complexity index is 812. The van der Waals surface area contributed by atoms with Crippen molar-refractivity contribution in [1.29, 1.82) is 0 Å². The third kappa shape index (κ3) is 3.75. The summed E-state index contributed by atoms with van der Waals surface area (Å²) in [5.41, 5.74) is 3.29. The van der Waals surface area contributed by atoms with Crippen LogP contribution in [0.2, 0.25) is 0 Å². The third-order valence-corrected chi connectivity index (χ3v) is 5.84. The van der Waals surface area contributed by atoms with Crippen molar-refractivity contribution in [3.8, 4) is 0 Å². The Balaban J connectivity index is 1.59. The lowest BCUT2D eigenvalue weighted by molar-refractivity contribution is -0.145. The van der Waals surface area contributed by atoms with Crippen LogP contribution in [0.25, 0.3) is 0 Å². The molecule has 0 radical (unpaired) electrons. The molecule has 1 aliphatic carbocycles. The van der Waals surface area contributed by atoms with Gasteiger partial charge >= 0.3 is 0 Å². The lowest BCUT2D eigenvalue weighted by Gasteiger charge is -2.43. The van der Waals surface area contributed by atoms with Crippen molar-refractivity contribution in [1.82, 2.24) is 4.90 Å². The van der Waals surface area contributed by atoms with E-state index in [1.807, 2.05) is 59.2 Å². The molecule has 27 heavy (non-hydrogen) atoms. The van der Waals surface area contributed by atoms with E-state index >= 15 is 0 Å². The first kappa shape index (κ1) is 17.8. The van der Waals surface area contributed by atoms with Gasteiger partial charge < -0.3 is 9.80 Å². The molecule has 4 heteroatoms. The molecule has 0 aromatic heterocycles. The summed E-state index contributed by atoms with van der Waals surface area (Å²) in [6.45, 7) is 2.77. The quantitative estimate of drug-likeness (QED) is 0.834. The fourth-order valence-corrected chi connectivity index (χ4v) is 3.95. The Hall–Kier alpha value is -2.62. The molecule has 2 aromatic carbocycles. The molecule has 2 aromatic rings. The highest BCUT2D eigenvalue weighted by molar-refractivity contribution is 5.98. The predicted octanol–water partition coefficient (Wildman–Crippen LogP) is 3.58. The Morgan fingerprint density at radius 1 is 1.04 bits per heavy atom. The predicted molar refractivity (Wildman–Crippen MR) is 107 cm³/mol. The smallest absolute Gasteiger partial charge is 0.246 e. The van der Waals surface area contributed by atoms with Crippen molar-refractivity contribution >= 4 is 17.5 Å². The minimum absolute atomic E-state index is 0.0100. The first-order valence-corrected chi connectivity index (χ1v) is 9.83. The lowest BCUT2D eigenvalue weighted by Crippen LogP contribution is -2.60. The van der Waals surface area contributed by atoms with Gasteiger partial charge in [0.2, 0.25) is 11.8 Å². The average molecular weight is 362 g/mol. The standard InChI is InChI=1S/C23H26N2O2/c1-17-10-12-20(13-11-17)24-15-21(14-18-6-3-2-4-7-18)25(16-22(24)26)23(27)19-8-5-9-19/h2-4,6-7,10-13,19,21H,5,8-9,14-16H2,1H3. The summed E-state index contributed by atoms with van der Waals surface area (Å²) in [6.07, 6.45) is 3.82. The van der Waals surface area contributed by atoms with Gasteiger partial charge in [0.1, 0.15) is 6.54 Å². The maximum Gasteiger partial charge on any atom is 0.246 e. The zero-order valence-corrected chi connectivity index (χ0v) is 15.8. The van der Waals surface area contributed by atoms with Crippen molar-refractivity contribution in [2.24, 2.45) is 5.92 Å². The SMILES string of the molecule is Cc1ccc(N2CC(Cc3ccccc3)N(C(=O)C3CCC3)CC2=O)cc1. The second-order valence-corrected chi connectivity index (χ2v) is 7.78. The van der Waals surface area contributed by atoms with Crippen molar-refractivity contribution in [3.05, 3.63) is 65.7 Å². The van der Waals surface area contributed by atoms with Gasteiger partial charge in [0, 0.05) is 18.2 Å². The highest BCUT2D eigenvalue weighted by atomic mass is 16.2. The molecule has 0 N–H and O–H groups in total. The zero-order valence-electron chi connectivity index (χ0n) is 15.8. The van der Waals surface area contributed by atoms with E-state index in [4.69, 9.17) is 0 Å². The number of amides is 2. The Kier molecular flexibility index (Phi) is 4.97. The average Bonchev–Trinajstić information content (AvgIpc) is 2.63. The number of benzene rings is 2. The monoisotopic (exact) mass is 362 g/mol. The van der Waals surface area contributed by atoms with E-state index in [1.165, 1.54) is 11.1 Å². The number of nitrogens with zero attached hydrogens (tertiary/aromatic N) is 2. The summed E-state index contributed by atoms with van der Waals surface area (Å²) in [6, 6.07) is 18.3. The molecule has 0 spiro atoms. The van der Waals surface area contributed by atoms with Gasteiger partial charge in [-0.05, 0) is 43.9 Å². The van der Waals surface area contributed by atoms with Crippen LogP contribution in [-0.2, 0) is 16.0 Å². The van der Waals surface area contributed by atoms with Gasteiger partial charge in [-0.1, -0.05) is 54.4 Å². The summed E-state index contributed by atoms with van der Waals surface area (Å²) in [5.74, 6) is 0.289. The highest BCUT2D eigenvalue weighted by Crippen LogP contribution is 2.31. The van der Waals surface area contributed by atoms with Crippen LogP contribution in [0, 0.1) is 12.8 Å². The van der Waals surface area contributed by atoms with E-state index in [9.17, 15) is 9.59 Å². The van der Waals surface area contributed by atoms with Crippen molar-refractivity contribution in [2.75, 3.05) is 18.0 Å². The van der Waals surface area contributed by atoms with Crippen LogP contribution in [0.3, 0.4) is 0 Å². The summed E-state index contributed by atoms with van der Waals surface area (Å²) >= 11 is 0. The molecule has 1 atom stereocenters. The van der Waals surface area contributed by atoms with E-state index in [2.05, 4.69) is 12.1 Å². The molecule has 1 heterocycles. The zero-order chi connectivity index (χ0) is 18.8. The molecule has 1 unspecified atom stereocenters. The van der Waals surface area contributed by atoms with Gasteiger partial charge in [-0.2, -0.15) is 0 Å². The van der Waals surface area contributed by atoms with Crippen LogP contribution in [-0.4, -0.2) is 35.8 Å². The second-order valence-electron chi connectivity index (χ2n) is 7.78. The molecular weight excluding hydrogens is 336 g/mol. The normalized spacial score (nSPS) is 20.5.